The number of carbonyl (C=O) groups excluding carboxylic acids is 1. The Hall–Kier alpha value is -4.06. The van der Waals surface area contributed by atoms with Gasteiger partial charge in [0.15, 0.2) is 0 Å². The van der Waals surface area contributed by atoms with Gasteiger partial charge >= 0.3 is 0 Å². The number of nitrogens with zero attached hydrogens (tertiary/aromatic N) is 1. The number of aromatic hydroxyl groups is 1. The number of ether oxygens (including phenoxy) is 1. The Labute approximate surface area is 173 Å². The standard InChI is InChI=1S/C24H20N2O4/c1-30-20-14-8-5-9-16(20)15-25-23(28)21-22(27)18-12-6-7-13-19(18)26(24(21)29)17-10-3-2-4-11-17/h2-14,27H,15H2,1H3,(H,25,28). The second kappa shape index (κ2) is 8.13. The van der Waals surface area contributed by atoms with E-state index < -0.39 is 11.5 Å². The summed E-state index contributed by atoms with van der Waals surface area (Å²) < 4.78 is 6.74. The fourth-order valence-corrected chi connectivity index (χ4v) is 3.48. The zero-order valence-corrected chi connectivity index (χ0v) is 16.3. The third kappa shape index (κ3) is 3.39. The van der Waals surface area contributed by atoms with Crippen molar-refractivity contribution in [2.24, 2.45) is 0 Å². The molecule has 0 fully saturated rings. The first-order valence-electron chi connectivity index (χ1n) is 9.44. The normalized spacial score (nSPS) is 10.7. The molecule has 6 nitrogen and oxygen atoms in total. The molecule has 0 radical (unpaired) electrons. The van der Waals surface area contributed by atoms with Crippen LogP contribution in [0.5, 0.6) is 11.5 Å². The Bertz CT molecular complexity index is 1280. The monoisotopic (exact) mass is 400 g/mol. The predicted octanol–water partition coefficient (Wildman–Crippen LogP) is 3.63. The second-order valence-corrected chi connectivity index (χ2v) is 6.71. The summed E-state index contributed by atoms with van der Waals surface area (Å²) in [6, 6.07) is 23.2. The maximum absolute atomic E-state index is 13.3. The first-order valence-corrected chi connectivity index (χ1v) is 9.44. The van der Waals surface area contributed by atoms with Crippen molar-refractivity contribution in [1.82, 2.24) is 9.88 Å². The third-order valence-corrected chi connectivity index (χ3v) is 4.93. The average Bonchev–Trinajstić information content (AvgIpc) is 2.79. The molecule has 0 saturated carbocycles. The first-order chi connectivity index (χ1) is 14.6. The highest BCUT2D eigenvalue weighted by Crippen LogP contribution is 2.28. The molecule has 0 unspecified atom stereocenters. The number of nitrogens with one attached hydrogen (secondary N) is 1. The molecule has 4 rings (SSSR count). The summed E-state index contributed by atoms with van der Waals surface area (Å²) >= 11 is 0. The number of rotatable bonds is 5. The lowest BCUT2D eigenvalue weighted by molar-refractivity contribution is 0.0946. The maximum Gasteiger partial charge on any atom is 0.272 e. The lowest BCUT2D eigenvalue weighted by Crippen LogP contribution is -2.32. The van der Waals surface area contributed by atoms with Crippen molar-refractivity contribution in [3.8, 4) is 17.2 Å². The van der Waals surface area contributed by atoms with E-state index in [1.165, 1.54) is 4.57 Å². The highest BCUT2D eigenvalue weighted by atomic mass is 16.5. The molecule has 0 bridgehead atoms. The first kappa shape index (κ1) is 19.3. The summed E-state index contributed by atoms with van der Waals surface area (Å²) in [4.78, 5) is 26.3. The van der Waals surface area contributed by atoms with E-state index in [1.54, 1.807) is 49.6 Å². The number of aromatic nitrogens is 1. The van der Waals surface area contributed by atoms with E-state index in [-0.39, 0.29) is 17.9 Å². The highest BCUT2D eigenvalue weighted by Gasteiger charge is 2.22. The number of hydrogen-bond acceptors (Lipinski definition) is 4. The molecule has 0 aliphatic rings. The summed E-state index contributed by atoms with van der Waals surface area (Å²) in [7, 11) is 1.55. The Morgan fingerprint density at radius 1 is 0.967 bits per heavy atom. The molecule has 6 heteroatoms. The maximum atomic E-state index is 13.3. The molecular weight excluding hydrogens is 380 g/mol. The predicted molar refractivity (Wildman–Crippen MR) is 115 cm³/mol. The van der Waals surface area contributed by atoms with Gasteiger partial charge in [0.05, 0.1) is 12.6 Å². The van der Waals surface area contributed by atoms with Gasteiger partial charge in [-0.1, -0.05) is 48.5 Å². The van der Waals surface area contributed by atoms with Gasteiger partial charge in [-0.3, -0.25) is 14.2 Å². The quantitative estimate of drug-likeness (QED) is 0.536. The molecule has 2 N–H and O–H groups in total. The van der Waals surface area contributed by atoms with Gasteiger partial charge in [0.1, 0.15) is 17.1 Å². The Kier molecular flexibility index (Phi) is 5.22. The zero-order valence-electron chi connectivity index (χ0n) is 16.3. The van der Waals surface area contributed by atoms with E-state index in [1.807, 2.05) is 36.4 Å². The molecule has 0 aliphatic carbocycles. The molecule has 1 heterocycles. The van der Waals surface area contributed by atoms with Crippen molar-refractivity contribution in [3.63, 3.8) is 0 Å². The van der Waals surface area contributed by atoms with E-state index in [2.05, 4.69) is 5.32 Å². The third-order valence-electron chi connectivity index (χ3n) is 4.93. The summed E-state index contributed by atoms with van der Waals surface area (Å²) in [5, 5.41) is 13.9. The van der Waals surface area contributed by atoms with Gasteiger partial charge in [0.25, 0.3) is 11.5 Å². The van der Waals surface area contributed by atoms with E-state index in [0.717, 1.165) is 5.56 Å². The van der Waals surface area contributed by atoms with Gasteiger partial charge in [0, 0.05) is 23.2 Å². The van der Waals surface area contributed by atoms with Crippen molar-refractivity contribution in [2.75, 3.05) is 7.11 Å². The van der Waals surface area contributed by atoms with Gasteiger partial charge in [-0.2, -0.15) is 0 Å². The van der Waals surface area contributed by atoms with Crippen LogP contribution in [0.1, 0.15) is 15.9 Å². The summed E-state index contributed by atoms with van der Waals surface area (Å²) in [6.07, 6.45) is 0. The molecular formula is C24H20N2O4. The van der Waals surface area contributed by atoms with Crippen molar-refractivity contribution in [2.45, 2.75) is 6.54 Å². The molecule has 150 valence electrons. The van der Waals surface area contributed by atoms with Crippen LogP contribution in [-0.2, 0) is 6.54 Å². The van der Waals surface area contributed by atoms with Crippen LogP contribution in [0.4, 0.5) is 0 Å². The van der Waals surface area contributed by atoms with E-state index >= 15 is 0 Å². The van der Waals surface area contributed by atoms with Crippen molar-refractivity contribution >= 4 is 16.8 Å². The molecule has 1 amide bonds. The Balaban J connectivity index is 1.81. The minimum absolute atomic E-state index is 0.153. The molecule has 1 aromatic heterocycles. The summed E-state index contributed by atoms with van der Waals surface area (Å²) in [5.74, 6) is -0.360. The lowest BCUT2D eigenvalue weighted by atomic mass is 10.1. The van der Waals surface area contributed by atoms with Crippen molar-refractivity contribution in [1.29, 1.82) is 0 Å². The van der Waals surface area contributed by atoms with Crippen molar-refractivity contribution in [3.05, 3.63) is 100 Å². The molecule has 3 aromatic carbocycles. The van der Waals surface area contributed by atoms with E-state index in [4.69, 9.17) is 4.74 Å². The molecule has 0 saturated heterocycles. The van der Waals surface area contributed by atoms with E-state index in [0.29, 0.717) is 22.3 Å². The van der Waals surface area contributed by atoms with E-state index in [9.17, 15) is 14.7 Å². The van der Waals surface area contributed by atoms with Crippen LogP contribution in [0.3, 0.4) is 0 Å². The van der Waals surface area contributed by atoms with Crippen LogP contribution < -0.4 is 15.6 Å². The fraction of sp³-hybridized carbons (Fsp3) is 0.0833. The number of hydrogen-bond donors (Lipinski definition) is 2. The number of amides is 1. The molecule has 4 aromatic rings. The highest BCUT2D eigenvalue weighted by molar-refractivity contribution is 6.02. The number of fused-ring (bicyclic) bond motifs is 1. The summed E-state index contributed by atoms with van der Waals surface area (Å²) in [6.45, 7) is 0.153. The number of carbonyl (C=O) groups is 1. The molecule has 0 atom stereocenters. The molecule has 30 heavy (non-hydrogen) atoms. The lowest BCUT2D eigenvalue weighted by Gasteiger charge is -2.15. The van der Waals surface area contributed by atoms with Gasteiger partial charge in [-0.15, -0.1) is 0 Å². The van der Waals surface area contributed by atoms with Crippen LogP contribution in [0.2, 0.25) is 0 Å². The average molecular weight is 400 g/mol. The minimum Gasteiger partial charge on any atom is -0.506 e. The van der Waals surface area contributed by atoms with Crippen LogP contribution in [0, 0.1) is 0 Å². The van der Waals surface area contributed by atoms with Gasteiger partial charge in [-0.25, -0.2) is 0 Å². The molecule has 0 aliphatic heterocycles. The Morgan fingerprint density at radius 2 is 1.63 bits per heavy atom. The topological polar surface area (TPSA) is 80.6 Å². The SMILES string of the molecule is COc1ccccc1CNC(=O)c1c(O)c2ccccc2n(-c2ccccc2)c1=O. The smallest absolute Gasteiger partial charge is 0.272 e. The van der Waals surface area contributed by atoms with Crippen LogP contribution in [0.25, 0.3) is 16.6 Å². The largest absolute Gasteiger partial charge is 0.506 e. The number of pyridine rings is 1. The molecule has 0 spiro atoms. The van der Waals surface area contributed by atoms with Crippen LogP contribution >= 0.6 is 0 Å². The van der Waals surface area contributed by atoms with Crippen molar-refractivity contribution < 1.29 is 14.6 Å². The number of para-hydroxylation sites is 3. The zero-order chi connectivity index (χ0) is 21.1. The fourth-order valence-electron chi connectivity index (χ4n) is 3.48. The van der Waals surface area contributed by atoms with Crippen LogP contribution in [0.15, 0.2) is 83.7 Å². The van der Waals surface area contributed by atoms with Gasteiger partial charge in [0.2, 0.25) is 0 Å². The Morgan fingerprint density at radius 3 is 2.40 bits per heavy atom. The number of methoxy groups -OCH3 is 1. The number of benzene rings is 3. The van der Waals surface area contributed by atoms with Gasteiger partial charge < -0.3 is 15.2 Å². The second-order valence-electron chi connectivity index (χ2n) is 6.71. The van der Waals surface area contributed by atoms with Gasteiger partial charge in [-0.05, 0) is 30.3 Å². The van der Waals surface area contributed by atoms with Crippen LogP contribution in [-0.4, -0.2) is 22.7 Å². The summed E-state index contributed by atoms with van der Waals surface area (Å²) in [5.41, 5.74) is 1.00. The minimum atomic E-state index is -0.654.